The van der Waals surface area contributed by atoms with Crippen LogP contribution in [0.2, 0.25) is 0 Å². The van der Waals surface area contributed by atoms with Crippen LogP contribution in [0.3, 0.4) is 0 Å². The van der Waals surface area contributed by atoms with E-state index in [1.54, 1.807) is 0 Å². The van der Waals surface area contributed by atoms with Gasteiger partial charge >= 0.3 is 6.18 Å². The zero-order valence-electron chi connectivity index (χ0n) is 17.5. The van der Waals surface area contributed by atoms with Gasteiger partial charge in [0.2, 0.25) is 0 Å². The average Bonchev–Trinajstić information content (AvgIpc) is 3.43. The lowest BCUT2D eigenvalue weighted by atomic mass is 10.1. The van der Waals surface area contributed by atoms with Crippen LogP contribution < -0.4 is 15.4 Å². The molecule has 0 bridgehead atoms. The first-order valence-electron chi connectivity index (χ1n) is 10.1. The number of nitrogens with one attached hydrogen (secondary N) is 2. The molecule has 1 saturated carbocycles. The molecule has 1 heterocycles. The van der Waals surface area contributed by atoms with E-state index in [0.717, 1.165) is 21.6 Å². The number of rotatable bonds is 8. The summed E-state index contributed by atoms with van der Waals surface area (Å²) in [6.07, 6.45) is -0.733. The van der Waals surface area contributed by atoms with Gasteiger partial charge in [0.1, 0.15) is 5.75 Å². The molecule has 0 aliphatic heterocycles. The van der Waals surface area contributed by atoms with Gasteiger partial charge in [-0.3, -0.25) is 4.68 Å². The SMILES string of the molecule is CCNC(=NCc1cn(C)nc1C(F)(F)F)NCc1ccc(C)cc1OCC1CC1. The number of guanidine groups is 1. The van der Waals surface area contributed by atoms with Gasteiger partial charge in [-0.2, -0.15) is 18.3 Å². The van der Waals surface area contributed by atoms with Gasteiger partial charge in [0.05, 0.1) is 13.2 Å². The standard InChI is InChI=1S/C21H28F3N5O/c1-4-25-20(27-11-17-12-29(3)28-19(17)21(22,23)24)26-10-16-8-5-14(2)9-18(16)30-13-15-6-7-15/h5,8-9,12,15H,4,6-7,10-11,13H2,1-3H3,(H2,25,26,27). The predicted octanol–water partition coefficient (Wildman–Crippen LogP) is 3.79. The highest BCUT2D eigenvalue weighted by Crippen LogP contribution is 2.31. The summed E-state index contributed by atoms with van der Waals surface area (Å²) in [5, 5.41) is 9.78. The molecule has 0 unspecified atom stereocenters. The maximum Gasteiger partial charge on any atom is 0.435 e. The van der Waals surface area contributed by atoms with Crippen molar-refractivity contribution in [3.63, 3.8) is 0 Å². The Bertz CT molecular complexity index is 887. The molecular weight excluding hydrogens is 395 g/mol. The second-order valence-corrected chi connectivity index (χ2v) is 7.59. The van der Waals surface area contributed by atoms with E-state index in [0.29, 0.717) is 31.6 Å². The molecule has 0 radical (unpaired) electrons. The molecule has 2 aromatic rings. The molecule has 164 valence electrons. The number of hydrogen-bond acceptors (Lipinski definition) is 3. The first kappa shape index (κ1) is 22.0. The zero-order valence-corrected chi connectivity index (χ0v) is 17.5. The molecule has 1 fully saturated rings. The summed E-state index contributed by atoms with van der Waals surface area (Å²) < 4.78 is 46.6. The minimum Gasteiger partial charge on any atom is -0.493 e. The third-order valence-electron chi connectivity index (χ3n) is 4.77. The van der Waals surface area contributed by atoms with Gasteiger partial charge in [0.15, 0.2) is 11.7 Å². The fraction of sp³-hybridized carbons (Fsp3) is 0.524. The van der Waals surface area contributed by atoms with E-state index in [2.05, 4.69) is 20.7 Å². The second-order valence-electron chi connectivity index (χ2n) is 7.59. The summed E-state index contributed by atoms with van der Waals surface area (Å²) in [5.41, 5.74) is 1.22. The van der Waals surface area contributed by atoms with Gasteiger partial charge in [0.25, 0.3) is 0 Å². The van der Waals surface area contributed by atoms with Crippen LogP contribution in [0.15, 0.2) is 29.4 Å². The van der Waals surface area contributed by atoms with E-state index >= 15 is 0 Å². The van der Waals surface area contributed by atoms with Gasteiger partial charge in [-0.25, -0.2) is 4.99 Å². The topological polar surface area (TPSA) is 63.5 Å². The number of alkyl halides is 3. The Kier molecular flexibility index (Phi) is 6.89. The summed E-state index contributed by atoms with van der Waals surface area (Å²) in [4.78, 5) is 4.32. The van der Waals surface area contributed by atoms with Crippen molar-refractivity contribution in [2.24, 2.45) is 18.0 Å². The molecule has 1 aliphatic carbocycles. The van der Waals surface area contributed by atoms with Crippen LogP contribution in [-0.2, 0) is 26.3 Å². The Morgan fingerprint density at radius 1 is 1.27 bits per heavy atom. The Morgan fingerprint density at radius 2 is 2.03 bits per heavy atom. The van der Waals surface area contributed by atoms with E-state index in [9.17, 15) is 13.2 Å². The van der Waals surface area contributed by atoms with Crippen LogP contribution in [-0.4, -0.2) is 28.9 Å². The number of benzene rings is 1. The monoisotopic (exact) mass is 423 g/mol. The number of ether oxygens (including phenoxy) is 1. The van der Waals surface area contributed by atoms with Crippen molar-refractivity contribution in [1.29, 1.82) is 0 Å². The second kappa shape index (κ2) is 9.40. The third kappa shape index (κ3) is 6.14. The van der Waals surface area contributed by atoms with E-state index in [1.165, 1.54) is 26.1 Å². The molecule has 0 atom stereocenters. The number of nitrogens with zero attached hydrogens (tertiary/aromatic N) is 3. The van der Waals surface area contributed by atoms with E-state index in [4.69, 9.17) is 4.74 Å². The van der Waals surface area contributed by atoms with Gasteiger partial charge in [-0.1, -0.05) is 12.1 Å². The summed E-state index contributed by atoms with van der Waals surface area (Å²) >= 11 is 0. The number of aliphatic imine (C=N–C) groups is 1. The fourth-order valence-corrected chi connectivity index (χ4v) is 3.01. The minimum atomic E-state index is -4.51. The molecule has 9 heteroatoms. The maximum atomic E-state index is 13.1. The first-order valence-corrected chi connectivity index (χ1v) is 10.1. The van der Waals surface area contributed by atoms with Crippen LogP contribution in [0.25, 0.3) is 0 Å². The Hall–Kier alpha value is -2.71. The number of halogens is 3. The summed E-state index contributed by atoms with van der Waals surface area (Å²) in [7, 11) is 1.46. The molecule has 30 heavy (non-hydrogen) atoms. The molecule has 0 amide bonds. The van der Waals surface area contributed by atoms with Gasteiger partial charge in [0, 0.05) is 37.5 Å². The zero-order chi connectivity index (χ0) is 21.7. The van der Waals surface area contributed by atoms with Crippen molar-refractivity contribution in [3.8, 4) is 5.75 Å². The van der Waals surface area contributed by atoms with Crippen molar-refractivity contribution in [2.45, 2.75) is 46.0 Å². The third-order valence-corrected chi connectivity index (χ3v) is 4.77. The Balaban J connectivity index is 1.69. The number of hydrogen-bond donors (Lipinski definition) is 2. The summed E-state index contributed by atoms with van der Waals surface area (Å²) in [6, 6.07) is 6.02. The normalized spacial score (nSPS) is 14.7. The number of aryl methyl sites for hydroxylation is 2. The van der Waals surface area contributed by atoms with Crippen LogP contribution in [0, 0.1) is 12.8 Å². The molecule has 6 nitrogen and oxygen atoms in total. The van der Waals surface area contributed by atoms with Crippen LogP contribution in [0.1, 0.15) is 42.1 Å². The van der Waals surface area contributed by atoms with Gasteiger partial charge < -0.3 is 15.4 Å². The quantitative estimate of drug-likeness (QED) is 0.501. The highest BCUT2D eigenvalue weighted by molar-refractivity contribution is 5.79. The van der Waals surface area contributed by atoms with Crippen molar-refractivity contribution in [3.05, 3.63) is 46.8 Å². The van der Waals surface area contributed by atoms with Crippen molar-refractivity contribution < 1.29 is 17.9 Å². The lowest BCUT2D eigenvalue weighted by molar-refractivity contribution is -0.142. The van der Waals surface area contributed by atoms with Crippen molar-refractivity contribution in [1.82, 2.24) is 20.4 Å². The highest BCUT2D eigenvalue weighted by Gasteiger charge is 2.36. The fourth-order valence-electron chi connectivity index (χ4n) is 3.01. The highest BCUT2D eigenvalue weighted by atomic mass is 19.4. The Labute approximate surface area is 174 Å². The first-order chi connectivity index (χ1) is 14.3. The molecule has 1 aliphatic rings. The lowest BCUT2D eigenvalue weighted by Crippen LogP contribution is -2.37. The van der Waals surface area contributed by atoms with E-state index in [-0.39, 0.29) is 12.1 Å². The predicted molar refractivity (Wildman–Crippen MR) is 109 cm³/mol. The number of aromatic nitrogens is 2. The summed E-state index contributed by atoms with van der Waals surface area (Å²) in [6.45, 7) is 5.54. The largest absolute Gasteiger partial charge is 0.493 e. The maximum absolute atomic E-state index is 13.1. The van der Waals surface area contributed by atoms with Crippen molar-refractivity contribution >= 4 is 5.96 Å². The minimum absolute atomic E-state index is 0.0333. The van der Waals surface area contributed by atoms with Crippen molar-refractivity contribution in [2.75, 3.05) is 13.2 Å². The van der Waals surface area contributed by atoms with E-state index in [1.807, 2.05) is 32.0 Å². The summed E-state index contributed by atoms with van der Waals surface area (Å²) in [5.74, 6) is 1.91. The van der Waals surface area contributed by atoms with E-state index < -0.39 is 11.9 Å². The van der Waals surface area contributed by atoms with Crippen LogP contribution in [0.4, 0.5) is 13.2 Å². The average molecular weight is 423 g/mol. The molecule has 3 rings (SSSR count). The molecule has 0 saturated heterocycles. The lowest BCUT2D eigenvalue weighted by Gasteiger charge is -2.15. The Morgan fingerprint density at radius 3 is 2.70 bits per heavy atom. The molecular formula is C21H28F3N5O. The van der Waals surface area contributed by atoms with Gasteiger partial charge in [-0.05, 0) is 44.2 Å². The molecule has 0 spiro atoms. The van der Waals surface area contributed by atoms with Crippen LogP contribution >= 0.6 is 0 Å². The molecule has 1 aromatic carbocycles. The molecule has 1 aromatic heterocycles. The smallest absolute Gasteiger partial charge is 0.435 e. The van der Waals surface area contributed by atoms with Crippen LogP contribution in [0.5, 0.6) is 5.75 Å². The molecule has 2 N–H and O–H groups in total. The van der Waals surface area contributed by atoms with Gasteiger partial charge in [-0.15, -0.1) is 0 Å².